The van der Waals surface area contributed by atoms with E-state index in [-0.39, 0.29) is 24.1 Å². The first-order valence-electron chi connectivity index (χ1n) is 10.6. The summed E-state index contributed by atoms with van der Waals surface area (Å²) in [6.45, 7) is 6.28. The number of hydrogen-bond acceptors (Lipinski definition) is 5. The van der Waals surface area contributed by atoms with Gasteiger partial charge in [-0.2, -0.15) is 0 Å². The van der Waals surface area contributed by atoms with Crippen LogP contribution in [-0.4, -0.2) is 42.5 Å². The number of amides is 4. The van der Waals surface area contributed by atoms with Gasteiger partial charge in [-0.25, -0.2) is 4.79 Å². The lowest BCUT2D eigenvalue weighted by Gasteiger charge is -2.15. The van der Waals surface area contributed by atoms with Crippen LogP contribution in [0.4, 0.5) is 10.5 Å². The summed E-state index contributed by atoms with van der Waals surface area (Å²) < 4.78 is 12.2. The van der Waals surface area contributed by atoms with E-state index >= 15 is 0 Å². The minimum atomic E-state index is -0.424. The molecule has 2 N–H and O–H groups in total. The highest BCUT2D eigenvalue weighted by atomic mass is 127. The molecular formula is C24H26IN3O5. The van der Waals surface area contributed by atoms with Crippen molar-refractivity contribution in [2.75, 3.05) is 25.1 Å². The summed E-state index contributed by atoms with van der Waals surface area (Å²) >= 11 is 2.09. The third kappa shape index (κ3) is 6.25. The van der Waals surface area contributed by atoms with E-state index in [4.69, 9.17) is 9.47 Å². The van der Waals surface area contributed by atoms with Gasteiger partial charge in [-0.05, 0) is 78.8 Å². The van der Waals surface area contributed by atoms with Crippen LogP contribution < -0.4 is 20.1 Å². The zero-order chi connectivity index (χ0) is 24.0. The molecule has 0 spiro atoms. The van der Waals surface area contributed by atoms with Crippen LogP contribution in [0.5, 0.6) is 11.5 Å². The van der Waals surface area contributed by atoms with Gasteiger partial charge in [0, 0.05) is 12.2 Å². The fraction of sp³-hybridized carbons (Fsp3) is 0.292. The number of halogens is 1. The van der Waals surface area contributed by atoms with E-state index in [0.29, 0.717) is 45.9 Å². The number of ether oxygens (including phenoxy) is 2. The Kier molecular flexibility index (Phi) is 8.32. The molecule has 33 heavy (non-hydrogen) atoms. The van der Waals surface area contributed by atoms with Gasteiger partial charge in [0.1, 0.15) is 5.70 Å². The molecule has 3 rings (SSSR count). The van der Waals surface area contributed by atoms with Crippen LogP contribution >= 0.6 is 22.6 Å². The van der Waals surface area contributed by atoms with E-state index in [9.17, 15) is 14.4 Å². The fourth-order valence-electron chi connectivity index (χ4n) is 3.21. The number of nitrogens with zero attached hydrogens (tertiary/aromatic N) is 1. The van der Waals surface area contributed by atoms with Crippen molar-refractivity contribution in [1.82, 2.24) is 10.2 Å². The molecule has 1 saturated heterocycles. The molecule has 0 saturated carbocycles. The standard InChI is InChI=1S/C24H26IN3O5/c1-4-10-28-23(30)19(27-24(28)31)12-16-11-18(25)22(20(13-16)32-5-2)33-14-21(29)26-17-8-6-15(3)7-9-17/h6-9,11-13H,4-5,10,14H2,1-3H3,(H,26,29)(H,27,31)/b19-12+. The van der Waals surface area contributed by atoms with Crippen LogP contribution in [0.1, 0.15) is 31.4 Å². The van der Waals surface area contributed by atoms with Crippen molar-refractivity contribution in [3.8, 4) is 11.5 Å². The number of carbonyl (C=O) groups excluding carboxylic acids is 3. The number of rotatable bonds is 9. The molecule has 174 valence electrons. The number of imide groups is 1. The molecule has 1 aliphatic rings. The highest BCUT2D eigenvalue weighted by molar-refractivity contribution is 14.1. The Hall–Kier alpha value is -3.08. The minimum Gasteiger partial charge on any atom is -0.490 e. The van der Waals surface area contributed by atoms with Gasteiger partial charge < -0.3 is 20.1 Å². The van der Waals surface area contributed by atoms with Crippen molar-refractivity contribution in [3.63, 3.8) is 0 Å². The van der Waals surface area contributed by atoms with E-state index in [2.05, 4.69) is 33.2 Å². The average molecular weight is 563 g/mol. The number of carbonyl (C=O) groups is 3. The van der Waals surface area contributed by atoms with Gasteiger partial charge in [-0.1, -0.05) is 24.6 Å². The lowest BCUT2D eigenvalue weighted by Crippen LogP contribution is -2.31. The van der Waals surface area contributed by atoms with Gasteiger partial charge in [-0.3, -0.25) is 14.5 Å². The molecule has 0 bridgehead atoms. The van der Waals surface area contributed by atoms with Crippen LogP contribution in [0.15, 0.2) is 42.1 Å². The van der Waals surface area contributed by atoms with Crippen LogP contribution in [0.2, 0.25) is 0 Å². The smallest absolute Gasteiger partial charge is 0.329 e. The van der Waals surface area contributed by atoms with Gasteiger partial charge in [0.15, 0.2) is 18.1 Å². The molecule has 0 unspecified atom stereocenters. The third-order valence-corrected chi connectivity index (χ3v) is 5.54. The summed E-state index contributed by atoms with van der Waals surface area (Å²) in [5.74, 6) is 0.233. The molecule has 0 aromatic heterocycles. The Morgan fingerprint density at radius 2 is 1.88 bits per heavy atom. The maximum Gasteiger partial charge on any atom is 0.329 e. The molecular weight excluding hydrogens is 537 g/mol. The Morgan fingerprint density at radius 3 is 2.55 bits per heavy atom. The first kappa shape index (κ1) is 24.6. The van der Waals surface area contributed by atoms with Crippen LogP contribution in [0, 0.1) is 10.5 Å². The number of nitrogens with one attached hydrogen (secondary N) is 2. The molecule has 2 aromatic carbocycles. The zero-order valence-corrected chi connectivity index (χ0v) is 20.9. The molecule has 1 fully saturated rings. The van der Waals surface area contributed by atoms with Crippen LogP contribution in [-0.2, 0) is 9.59 Å². The Balaban J connectivity index is 1.75. The number of hydrogen-bond donors (Lipinski definition) is 2. The Labute approximate surface area is 206 Å². The summed E-state index contributed by atoms with van der Waals surface area (Å²) in [6.07, 6.45) is 2.29. The predicted octanol–water partition coefficient (Wildman–Crippen LogP) is 4.32. The van der Waals surface area contributed by atoms with Gasteiger partial charge in [0.05, 0.1) is 10.2 Å². The lowest BCUT2D eigenvalue weighted by atomic mass is 10.1. The second-order valence-corrected chi connectivity index (χ2v) is 8.57. The van der Waals surface area contributed by atoms with Crippen molar-refractivity contribution in [2.24, 2.45) is 0 Å². The van der Waals surface area contributed by atoms with Gasteiger partial charge in [-0.15, -0.1) is 0 Å². The van der Waals surface area contributed by atoms with Gasteiger partial charge in [0.2, 0.25) is 0 Å². The van der Waals surface area contributed by atoms with E-state index in [1.54, 1.807) is 18.2 Å². The monoisotopic (exact) mass is 563 g/mol. The zero-order valence-electron chi connectivity index (χ0n) is 18.7. The van der Waals surface area contributed by atoms with E-state index in [1.807, 2.05) is 45.0 Å². The Bertz CT molecular complexity index is 1080. The first-order valence-corrected chi connectivity index (χ1v) is 11.7. The summed E-state index contributed by atoms with van der Waals surface area (Å²) in [5.41, 5.74) is 2.67. The quantitative estimate of drug-likeness (QED) is 0.269. The first-order chi connectivity index (χ1) is 15.8. The van der Waals surface area contributed by atoms with Crippen molar-refractivity contribution >= 4 is 52.2 Å². The van der Waals surface area contributed by atoms with Crippen LogP contribution in [0.3, 0.4) is 0 Å². The van der Waals surface area contributed by atoms with Crippen molar-refractivity contribution in [2.45, 2.75) is 27.2 Å². The normalized spacial score (nSPS) is 14.4. The minimum absolute atomic E-state index is 0.190. The van der Waals surface area contributed by atoms with Gasteiger partial charge >= 0.3 is 6.03 Å². The fourth-order valence-corrected chi connectivity index (χ4v) is 3.99. The molecule has 8 nitrogen and oxygen atoms in total. The van der Waals surface area contributed by atoms with Crippen molar-refractivity contribution in [1.29, 1.82) is 0 Å². The summed E-state index contributed by atoms with van der Waals surface area (Å²) in [7, 11) is 0. The van der Waals surface area contributed by atoms with E-state index < -0.39 is 6.03 Å². The molecule has 4 amide bonds. The number of benzene rings is 2. The highest BCUT2D eigenvalue weighted by Crippen LogP contribution is 2.35. The second-order valence-electron chi connectivity index (χ2n) is 7.41. The number of anilines is 1. The molecule has 0 aliphatic carbocycles. The maximum atomic E-state index is 12.5. The van der Waals surface area contributed by atoms with Crippen molar-refractivity contribution in [3.05, 3.63) is 56.8 Å². The highest BCUT2D eigenvalue weighted by Gasteiger charge is 2.32. The van der Waals surface area contributed by atoms with Crippen molar-refractivity contribution < 1.29 is 23.9 Å². The molecule has 0 radical (unpaired) electrons. The third-order valence-electron chi connectivity index (χ3n) is 4.74. The second kappa shape index (κ2) is 11.2. The number of aryl methyl sites for hydroxylation is 1. The molecule has 1 heterocycles. The molecule has 1 aliphatic heterocycles. The predicted molar refractivity (Wildman–Crippen MR) is 134 cm³/mol. The number of urea groups is 1. The average Bonchev–Trinajstić information content (AvgIpc) is 3.02. The Morgan fingerprint density at radius 1 is 1.15 bits per heavy atom. The summed E-state index contributed by atoms with van der Waals surface area (Å²) in [6, 6.07) is 10.6. The lowest BCUT2D eigenvalue weighted by molar-refractivity contribution is -0.123. The molecule has 9 heteroatoms. The molecule has 2 aromatic rings. The summed E-state index contributed by atoms with van der Waals surface area (Å²) in [5, 5.41) is 5.40. The largest absolute Gasteiger partial charge is 0.490 e. The van der Waals surface area contributed by atoms with E-state index in [1.165, 1.54) is 4.90 Å². The van der Waals surface area contributed by atoms with E-state index in [0.717, 1.165) is 5.56 Å². The topological polar surface area (TPSA) is 97.0 Å². The maximum absolute atomic E-state index is 12.5. The van der Waals surface area contributed by atoms with Crippen LogP contribution in [0.25, 0.3) is 6.08 Å². The SMILES string of the molecule is CCCN1C(=O)N/C(=C/c2cc(I)c(OCC(=O)Nc3ccc(C)cc3)c(OCC)c2)C1=O. The molecule has 0 atom stereocenters. The van der Waals surface area contributed by atoms with Gasteiger partial charge in [0.25, 0.3) is 11.8 Å². The summed E-state index contributed by atoms with van der Waals surface area (Å²) in [4.78, 5) is 38.0.